The lowest BCUT2D eigenvalue weighted by molar-refractivity contribution is 0.0599. The molecule has 1 amide bonds. The molecule has 1 atom stereocenters. The number of carbonyl (C=O) groups excluding carboxylic acids is 1. The number of piperidine rings is 1. The van der Waals surface area contributed by atoms with Gasteiger partial charge in [0, 0.05) is 24.5 Å². The number of rotatable bonds is 4. The quantitative estimate of drug-likeness (QED) is 0.624. The third-order valence-electron chi connectivity index (χ3n) is 5.74. The minimum absolute atomic E-state index is 0.00685. The van der Waals surface area contributed by atoms with Crippen LogP contribution in [0.3, 0.4) is 0 Å². The van der Waals surface area contributed by atoms with E-state index in [1.165, 1.54) is 0 Å². The highest BCUT2D eigenvalue weighted by Gasteiger charge is 2.32. The maximum Gasteiger partial charge on any atom is 0.258 e. The molecule has 1 aromatic carbocycles. The van der Waals surface area contributed by atoms with Crippen LogP contribution in [0.2, 0.25) is 0 Å². The molecule has 0 unspecified atom stereocenters. The summed E-state index contributed by atoms with van der Waals surface area (Å²) in [4.78, 5) is 20.3. The van der Waals surface area contributed by atoms with E-state index < -0.39 is 0 Å². The first kappa shape index (κ1) is 20.4. The van der Waals surface area contributed by atoms with E-state index in [9.17, 15) is 4.79 Å². The van der Waals surface area contributed by atoms with E-state index in [2.05, 4.69) is 4.98 Å². The Balaban J connectivity index is 1.71. The van der Waals surface area contributed by atoms with Crippen molar-refractivity contribution in [3.8, 4) is 5.75 Å². The fraction of sp³-hybridized carbons (Fsp3) is 0.458. The van der Waals surface area contributed by atoms with Crippen molar-refractivity contribution in [3.05, 3.63) is 58.5 Å². The molecule has 30 heavy (non-hydrogen) atoms. The minimum Gasteiger partial charge on any atom is -0.490 e. The van der Waals surface area contributed by atoms with Crippen molar-refractivity contribution < 1.29 is 9.53 Å². The minimum atomic E-state index is -0.0547. The standard InChI is InChI=1S/C24H30N4O2/c1-15(2)30-22-10-9-16(3)12-19(22)24(29)27-11-7-6-8-21(27)20-13-23-25-18(5)17(4)14-28(23)26-20/h9-10,12-15,21H,6-8,11H2,1-5H3/t21-/m0/s1. The summed E-state index contributed by atoms with van der Waals surface area (Å²) < 4.78 is 7.78. The lowest BCUT2D eigenvalue weighted by atomic mass is 9.97. The second-order valence-electron chi connectivity index (χ2n) is 8.56. The molecule has 3 aromatic rings. The number of carbonyl (C=O) groups is 1. The maximum absolute atomic E-state index is 13.7. The van der Waals surface area contributed by atoms with Gasteiger partial charge in [-0.3, -0.25) is 4.79 Å². The van der Waals surface area contributed by atoms with Gasteiger partial charge in [0.15, 0.2) is 5.65 Å². The fourth-order valence-corrected chi connectivity index (χ4v) is 4.09. The summed E-state index contributed by atoms with van der Waals surface area (Å²) >= 11 is 0. The fourth-order valence-electron chi connectivity index (χ4n) is 4.09. The molecule has 0 radical (unpaired) electrons. The van der Waals surface area contributed by atoms with Crippen LogP contribution >= 0.6 is 0 Å². The molecule has 6 heteroatoms. The average Bonchev–Trinajstić information content (AvgIpc) is 3.11. The molecule has 1 aliphatic rings. The first-order valence-electron chi connectivity index (χ1n) is 10.8. The van der Waals surface area contributed by atoms with Gasteiger partial charge in [-0.15, -0.1) is 0 Å². The molecule has 0 saturated carbocycles. The van der Waals surface area contributed by atoms with Gasteiger partial charge in [0.05, 0.1) is 23.4 Å². The molecule has 1 fully saturated rings. The topological polar surface area (TPSA) is 59.7 Å². The van der Waals surface area contributed by atoms with E-state index in [1.54, 1.807) is 0 Å². The molecule has 0 spiro atoms. The number of aryl methyl sites for hydroxylation is 3. The van der Waals surface area contributed by atoms with E-state index >= 15 is 0 Å². The van der Waals surface area contributed by atoms with E-state index in [1.807, 2.05) is 74.5 Å². The van der Waals surface area contributed by atoms with Gasteiger partial charge in [0.2, 0.25) is 0 Å². The van der Waals surface area contributed by atoms with E-state index in [4.69, 9.17) is 9.84 Å². The monoisotopic (exact) mass is 406 g/mol. The Morgan fingerprint density at radius 1 is 1.17 bits per heavy atom. The summed E-state index contributed by atoms with van der Waals surface area (Å²) in [6.45, 7) is 10.7. The Hall–Kier alpha value is -2.89. The Kier molecular flexibility index (Phi) is 5.50. The van der Waals surface area contributed by atoms with Gasteiger partial charge in [-0.1, -0.05) is 11.6 Å². The molecule has 158 valence electrons. The number of likely N-dealkylation sites (tertiary alicyclic amines) is 1. The second kappa shape index (κ2) is 8.09. The number of benzene rings is 1. The highest BCUT2D eigenvalue weighted by Crippen LogP contribution is 2.34. The zero-order valence-corrected chi connectivity index (χ0v) is 18.5. The molecule has 6 nitrogen and oxygen atoms in total. The summed E-state index contributed by atoms with van der Waals surface area (Å²) in [5.41, 5.74) is 5.50. The second-order valence-corrected chi connectivity index (χ2v) is 8.56. The van der Waals surface area contributed by atoms with Gasteiger partial charge in [0.1, 0.15) is 5.75 Å². The van der Waals surface area contributed by atoms with Crippen LogP contribution in [0.15, 0.2) is 30.5 Å². The van der Waals surface area contributed by atoms with Gasteiger partial charge >= 0.3 is 0 Å². The first-order chi connectivity index (χ1) is 14.3. The Labute approximate surface area is 177 Å². The molecule has 1 saturated heterocycles. The molecular weight excluding hydrogens is 376 g/mol. The van der Waals surface area contributed by atoms with E-state index in [-0.39, 0.29) is 18.1 Å². The highest BCUT2D eigenvalue weighted by molar-refractivity contribution is 5.97. The SMILES string of the molecule is Cc1ccc(OC(C)C)c(C(=O)N2CCCC[C@H]2c2cc3nc(C)c(C)cn3n2)c1. The van der Waals surface area contributed by atoms with Gasteiger partial charge < -0.3 is 9.64 Å². The molecule has 0 bridgehead atoms. The number of amides is 1. The zero-order valence-electron chi connectivity index (χ0n) is 18.5. The molecule has 4 rings (SSSR count). The van der Waals surface area contributed by atoms with Gasteiger partial charge in [0.25, 0.3) is 5.91 Å². The van der Waals surface area contributed by atoms with Crippen molar-refractivity contribution in [3.63, 3.8) is 0 Å². The van der Waals surface area contributed by atoms with Crippen LogP contribution in [0.5, 0.6) is 5.75 Å². The van der Waals surface area contributed by atoms with Crippen LogP contribution in [0.4, 0.5) is 0 Å². The van der Waals surface area contributed by atoms with Crippen LogP contribution in [-0.4, -0.2) is 38.1 Å². The maximum atomic E-state index is 13.7. The Morgan fingerprint density at radius 3 is 2.73 bits per heavy atom. The molecule has 0 aliphatic carbocycles. The van der Waals surface area contributed by atoms with Crippen molar-refractivity contribution in [2.45, 2.75) is 66.0 Å². The third kappa shape index (κ3) is 3.91. The number of nitrogens with zero attached hydrogens (tertiary/aromatic N) is 4. The number of ether oxygens (including phenoxy) is 1. The Morgan fingerprint density at radius 2 is 1.97 bits per heavy atom. The Bertz CT molecular complexity index is 1050. The summed E-state index contributed by atoms with van der Waals surface area (Å²) in [7, 11) is 0. The van der Waals surface area contributed by atoms with Crippen LogP contribution < -0.4 is 4.74 Å². The van der Waals surface area contributed by atoms with Crippen molar-refractivity contribution in [2.24, 2.45) is 0 Å². The third-order valence-corrected chi connectivity index (χ3v) is 5.74. The molecular formula is C24H30N4O2. The largest absolute Gasteiger partial charge is 0.490 e. The lowest BCUT2D eigenvalue weighted by Crippen LogP contribution is -2.39. The molecule has 2 aromatic heterocycles. The number of fused-ring (bicyclic) bond motifs is 1. The summed E-state index contributed by atoms with van der Waals surface area (Å²) in [6.07, 6.45) is 4.99. The van der Waals surface area contributed by atoms with Crippen molar-refractivity contribution >= 4 is 11.6 Å². The van der Waals surface area contributed by atoms with E-state index in [0.717, 1.165) is 54.0 Å². The van der Waals surface area contributed by atoms with Crippen molar-refractivity contribution in [1.29, 1.82) is 0 Å². The lowest BCUT2D eigenvalue weighted by Gasteiger charge is -2.35. The van der Waals surface area contributed by atoms with Gasteiger partial charge in [-0.2, -0.15) is 5.10 Å². The predicted molar refractivity (Wildman–Crippen MR) is 117 cm³/mol. The van der Waals surface area contributed by atoms with Crippen molar-refractivity contribution in [2.75, 3.05) is 6.54 Å². The smallest absolute Gasteiger partial charge is 0.258 e. The summed E-state index contributed by atoms with van der Waals surface area (Å²) in [5.74, 6) is 0.657. The first-order valence-corrected chi connectivity index (χ1v) is 10.8. The van der Waals surface area contributed by atoms with Gasteiger partial charge in [-0.25, -0.2) is 9.50 Å². The highest BCUT2D eigenvalue weighted by atomic mass is 16.5. The number of hydrogen-bond acceptors (Lipinski definition) is 4. The molecule has 0 N–H and O–H groups in total. The zero-order chi connectivity index (χ0) is 21.4. The van der Waals surface area contributed by atoms with E-state index in [0.29, 0.717) is 11.3 Å². The van der Waals surface area contributed by atoms with Crippen LogP contribution in [0.25, 0.3) is 5.65 Å². The average molecular weight is 407 g/mol. The number of hydrogen-bond donors (Lipinski definition) is 0. The van der Waals surface area contributed by atoms with Crippen molar-refractivity contribution in [1.82, 2.24) is 19.5 Å². The molecule has 3 heterocycles. The van der Waals surface area contributed by atoms with Crippen LogP contribution in [-0.2, 0) is 0 Å². The van der Waals surface area contributed by atoms with Crippen LogP contribution in [0.1, 0.15) is 72.0 Å². The number of aromatic nitrogens is 3. The van der Waals surface area contributed by atoms with Crippen LogP contribution in [0, 0.1) is 20.8 Å². The normalized spacial score (nSPS) is 17.0. The molecule has 1 aliphatic heterocycles. The van der Waals surface area contributed by atoms with Gasteiger partial charge in [-0.05, 0) is 71.6 Å². The predicted octanol–water partition coefficient (Wildman–Crippen LogP) is 4.81. The summed E-state index contributed by atoms with van der Waals surface area (Å²) in [6, 6.07) is 7.79. The summed E-state index contributed by atoms with van der Waals surface area (Å²) in [5, 5.41) is 4.78.